The number of carbonyl (C=O) groups is 1. The third-order valence-corrected chi connectivity index (χ3v) is 6.75. The fourth-order valence-electron chi connectivity index (χ4n) is 4.77. The molecule has 1 aliphatic heterocycles. The van der Waals surface area contributed by atoms with Crippen molar-refractivity contribution in [2.45, 2.75) is 31.5 Å². The molecule has 186 valence electrons. The fourth-order valence-corrected chi connectivity index (χ4v) is 4.77. The standard InChI is InChI=1S/C31H31NO3.ClH/c33-31(27-7-2-1-3-8-27)34-19-17-23-10-14-26(15-11-23)29-16-18-32-21-30(29)35-22-24-12-13-25-6-4-5-9-28(25)20-24;/h1-15,20,29-30,32H,16-19,21-22H2;1H. The number of benzene rings is 4. The van der Waals surface area contributed by atoms with Gasteiger partial charge in [-0.25, -0.2) is 4.79 Å². The van der Waals surface area contributed by atoms with Crippen LogP contribution in [0.1, 0.15) is 39.4 Å². The number of nitrogens with one attached hydrogen (secondary N) is 1. The molecule has 1 fully saturated rings. The highest BCUT2D eigenvalue weighted by Gasteiger charge is 2.27. The summed E-state index contributed by atoms with van der Waals surface area (Å²) in [6.45, 7) is 2.84. The minimum atomic E-state index is -0.275. The van der Waals surface area contributed by atoms with Gasteiger partial charge in [-0.05, 0) is 58.6 Å². The Kier molecular flexibility index (Phi) is 9.12. The van der Waals surface area contributed by atoms with Gasteiger partial charge in [-0.3, -0.25) is 0 Å². The molecule has 1 N–H and O–H groups in total. The van der Waals surface area contributed by atoms with Gasteiger partial charge in [0.25, 0.3) is 0 Å². The molecule has 5 heteroatoms. The van der Waals surface area contributed by atoms with E-state index in [0.717, 1.165) is 25.1 Å². The second-order valence-electron chi connectivity index (χ2n) is 9.12. The van der Waals surface area contributed by atoms with Crippen molar-refractivity contribution in [1.29, 1.82) is 0 Å². The van der Waals surface area contributed by atoms with E-state index in [0.29, 0.717) is 31.1 Å². The van der Waals surface area contributed by atoms with E-state index in [9.17, 15) is 4.79 Å². The van der Waals surface area contributed by atoms with Crippen LogP contribution in [0.4, 0.5) is 0 Å². The van der Waals surface area contributed by atoms with Gasteiger partial charge < -0.3 is 14.8 Å². The van der Waals surface area contributed by atoms with Crippen molar-refractivity contribution in [3.63, 3.8) is 0 Å². The number of halogens is 1. The fraction of sp³-hybridized carbons (Fsp3) is 0.258. The minimum absolute atomic E-state index is 0. The van der Waals surface area contributed by atoms with Crippen LogP contribution in [0, 0.1) is 0 Å². The van der Waals surface area contributed by atoms with Crippen molar-refractivity contribution in [1.82, 2.24) is 5.32 Å². The van der Waals surface area contributed by atoms with Crippen LogP contribution in [-0.4, -0.2) is 31.8 Å². The van der Waals surface area contributed by atoms with Crippen LogP contribution in [0.2, 0.25) is 0 Å². The molecule has 0 saturated carbocycles. The maximum Gasteiger partial charge on any atom is 0.338 e. The number of carbonyl (C=O) groups excluding carboxylic acids is 1. The van der Waals surface area contributed by atoms with Crippen LogP contribution in [-0.2, 0) is 22.5 Å². The molecular formula is C31H32ClNO3. The van der Waals surface area contributed by atoms with Gasteiger partial charge in [0, 0.05) is 18.9 Å². The molecule has 0 amide bonds. The normalized spacial score (nSPS) is 17.3. The predicted molar refractivity (Wildman–Crippen MR) is 147 cm³/mol. The molecule has 0 bridgehead atoms. The zero-order valence-corrected chi connectivity index (χ0v) is 21.1. The molecule has 1 heterocycles. The third-order valence-electron chi connectivity index (χ3n) is 6.75. The molecule has 1 aliphatic rings. The second-order valence-corrected chi connectivity index (χ2v) is 9.12. The largest absolute Gasteiger partial charge is 0.462 e. The molecule has 0 radical (unpaired) electrons. The molecule has 4 nitrogen and oxygen atoms in total. The summed E-state index contributed by atoms with van der Waals surface area (Å²) in [6.07, 6.45) is 1.89. The number of fused-ring (bicyclic) bond motifs is 1. The first-order valence-electron chi connectivity index (χ1n) is 12.4. The van der Waals surface area contributed by atoms with Crippen molar-refractivity contribution < 1.29 is 14.3 Å². The molecule has 0 aliphatic carbocycles. The van der Waals surface area contributed by atoms with Crippen LogP contribution in [0.25, 0.3) is 10.8 Å². The highest BCUT2D eigenvalue weighted by Crippen LogP contribution is 2.29. The number of piperidine rings is 1. The number of esters is 1. The van der Waals surface area contributed by atoms with Gasteiger partial charge in [0.2, 0.25) is 0 Å². The Balaban J connectivity index is 0.00000304. The zero-order chi connectivity index (χ0) is 23.9. The quantitative estimate of drug-likeness (QED) is 0.287. The lowest BCUT2D eigenvalue weighted by atomic mass is 9.87. The van der Waals surface area contributed by atoms with Crippen molar-refractivity contribution in [2.24, 2.45) is 0 Å². The second kappa shape index (κ2) is 12.7. The third kappa shape index (κ3) is 6.52. The summed E-state index contributed by atoms with van der Waals surface area (Å²) in [6, 6.07) is 32.8. The average molecular weight is 502 g/mol. The Hall–Kier alpha value is -3.18. The number of hydrogen-bond donors (Lipinski definition) is 1. The average Bonchev–Trinajstić information content (AvgIpc) is 2.93. The van der Waals surface area contributed by atoms with Crippen LogP contribution in [0.3, 0.4) is 0 Å². The molecule has 36 heavy (non-hydrogen) atoms. The van der Waals surface area contributed by atoms with Crippen LogP contribution in [0.5, 0.6) is 0 Å². The topological polar surface area (TPSA) is 47.6 Å². The van der Waals surface area contributed by atoms with Gasteiger partial charge in [-0.1, -0.05) is 78.9 Å². The summed E-state index contributed by atoms with van der Waals surface area (Å²) in [7, 11) is 0. The Morgan fingerprint density at radius 2 is 1.56 bits per heavy atom. The van der Waals surface area contributed by atoms with E-state index in [2.05, 4.69) is 72.0 Å². The van der Waals surface area contributed by atoms with E-state index >= 15 is 0 Å². The SMILES string of the molecule is Cl.O=C(OCCc1ccc(C2CCNCC2OCc2ccc3ccccc3c2)cc1)c1ccccc1. The lowest BCUT2D eigenvalue weighted by Gasteiger charge is -2.32. The van der Waals surface area contributed by atoms with E-state index in [1.165, 1.54) is 21.9 Å². The maximum absolute atomic E-state index is 12.1. The van der Waals surface area contributed by atoms with Crippen molar-refractivity contribution in [2.75, 3.05) is 19.7 Å². The molecule has 5 rings (SSSR count). The summed E-state index contributed by atoms with van der Waals surface area (Å²) < 4.78 is 11.9. The lowest BCUT2D eigenvalue weighted by molar-refractivity contribution is 0.0106. The number of ether oxygens (including phenoxy) is 2. The van der Waals surface area contributed by atoms with Gasteiger partial charge in [-0.2, -0.15) is 0 Å². The summed E-state index contributed by atoms with van der Waals surface area (Å²) in [4.78, 5) is 12.1. The van der Waals surface area contributed by atoms with Crippen LogP contribution in [0.15, 0.2) is 97.1 Å². The van der Waals surface area contributed by atoms with Gasteiger partial charge in [0.1, 0.15) is 0 Å². The Morgan fingerprint density at radius 3 is 2.36 bits per heavy atom. The Labute approximate surface area is 219 Å². The van der Waals surface area contributed by atoms with Gasteiger partial charge in [-0.15, -0.1) is 12.4 Å². The van der Waals surface area contributed by atoms with Crippen molar-refractivity contribution in [3.8, 4) is 0 Å². The van der Waals surface area contributed by atoms with Crippen molar-refractivity contribution >= 4 is 29.1 Å². The summed E-state index contributed by atoms with van der Waals surface area (Å²) >= 11 is 0. The number of rotatable bonds is 8. The first kappa shape index (κ1) is 25.9. The first-order valence-corrected chi connectivity index (χ1v) is 12.4. The van der Waals surface area contributed by atoms with Crippen molar-refractivity contribution in [3.05, 3.63) is 119 Å². The lowest BCUT2D eigenvalue weighted by Crippen LogP contribution is -2.40. The monoisotopic (exact) mass is 501 g/mol. The summed E-state index contributed by atoms with van der Waals surface area (Å²) in [5.41, 5.74) is 4.26. The number of hydrogen-bond acceptors (Lipinski definition) is 4. The van der Waals surface area contributed by atoms with E-state index in [1.54, 1.807) is 12.1 Å². The van der Waals surface area contributed by atoms with Crippen LogP contribution >= 0.6 is 12.4 Å². The van der Waals surface area contributed by atoms with Gasteiger partial charge in [0.05, 0.1) is 24.9 Å². The van der Waals surface area contributed by atoms with E-state index < -0.39 is 0 Å². The molecule has 1 saturated heterocycles. The van der Waals surface area contributed by atoms with E-state index in [-0.39, 0.29) is 24.5 Å². The molecular weight excluding hydrogens is 470 g/mol. The summed E-state index contributed by atoms with van der Waals surface area (Å²) in [5.74, 6) is 0.0880. The van der Waals surface area contributed by atoms with E-state index in [1.807, 2.05) is 18.2 Å². The minimum Gasteiger partial charge on any atom is -0.462 e. The van der Waals surface area contributed by atoms with Gasteiger partial charge in [0.15, 0.2) is 0 Å². The smallest absolute Gasteiger partial charge is 0.338 e. The first-order chi connectivity index (χ1) is 17.3. The molecule has 4 aromatic carbocycles. The zero-order valence-electron chi connectivity index (χ0n) is 20.3. The molecule has 2 unspecified atom stereocenters. The summed E-state index contributed by atoms with van der Waals surface area (Å²) in [5, 5.41) is 5.99. The molecule has 0 spiro atoms. The van der Waals surface area contributed by atoms with Crippen LogP contribution < -0.4 is 5.32 Å². The highest BCUT2D eigenvalue weighted by molar-refractivity contribution is 5.89. The highest BCUT2D eigenvalue weighted by atomic mass is 35.5. The predicted octanol–water partition coefficient (Wildman–Crippen LogP) is 6.32. The molecule has 4 aromatic rings. The maximum atomic E-state index is 12.1. The van der Waals surface area contributed by atoms with Gasteiger partial charge >= 0.3 is 5.97 Å². The Morgan fingerprint density at radius 1 is 0.833 bits per heavy atom. The molecule has 0 aromatic heterocycles. The van der Waals surface area contributed by atoms with E-state index in [4.69, 9.17) is 9.47 Å². The Bertz CT molecular complexity index is 1260. The molecule has 2 atom stereocenters.